The van der Waals surface area contributed by atoms with Gasteiger partial charge in [-0.2, -0.15) is 0 Å². The van der Waals surface area contributed by atoms with Gasteiger partial charge in [0, 0.05) is 5.56 Å². The first-order chi connectivity index (χ1) is 8.95. The van der Waals surface area contributed by atoms with E-state index in [1.54, 1.807) is 19.1 Å². The molecule has 0 unspecified atom stereocenters. The highest BCUT2D eigenvalue weighted by atomic mass is 31.2. The van der Waals surface area contributed by atoms with Crippen molar-refractivity contribution in [1.82, 2.24) is 0 Å². The smallest absolute Gasteiger partial charge is 0.334 e. The van der Waals surface area contributed by atoms with Crippen LogP contribution in [0.3, 0.4) is 0 Å². The molecule has 1 aromatic carbocycles. The summed E-state index contributed by atoms with van der Waals surface area (Å²) in [5.74, 6) is 0.491. The van der Waals surface area contributed by atoms with Gasteiger partial charge in [0.1, 0.15) is 11.5 Å². The molecule has 7 nitrogen and oxygen atoms in total. The molecule has 9 heteroatoms. The molecule has 0 bridgehead atoms. The van der Waals surface area contributed by atoms with Crippen LogP contribution in [0.25, 0.3) is 0 Å². The van der Waals surface area contributed by atoms with Crippen molar-refractivity contribution in [1.29, 1.82) is 0 Å². The first-order valence-corrected chi connectivity index (χ1v) is 7.85. The molecule has 0 saturated carbocycles. The molecule has 0 fully saturated rings. The molecule has 0 aliphatic carbocycles. The van der Waals surface area contributed by atoms with E-state index >= 15 is 0 Å². The van der Waals surface area contributed by atoms with Gasteiger partial charge in [0.05, 0.1) is 0 Å². The molecule has 0 aromatic heterocycles. The van der Waals surface area contributed by atoms with Crippen molar-refractivity contribution in [3.05, 3.63) is 23.3 Å². The quantitative estimate of drug-likeness (QED) is 0.362. The Labute approximate surface area is 120 Å². The summed E-state index contributed by atoms with van der Waals surface area (Å²) in [5.41, 5.74) is 1.33. The van der Waals surface area contributed by atoms with Crippen LogP contribution in [0.1, 0.15) is 31.9 Å². The van der Waals surface area contributed by atoms with Gasteiger partial charge in [0.25, 0.3) is 0 Å². The third kappa shape index (κ3) is 7.31. The van der Waals surface area contributed by atoms with E-state index in [4.69, 9.17) is 19.6 Å². The minimum Gasteiger partial charge on any atom is -0.508 e. The highest BCUT2D eigenvalue weighted by molar-refractivity contribution is 7.53. The van der Waals surface area contributed by atoms with Crippen LogP contribution in [0.4, 0.5) is 0 Å². The molecule has 0 aliphatic rings. The number of phenols is 2. The summed E-state index contributed by atoms with van der Waals surface area (Å²) in [6.07, 6.45) is 0. The lowest BCUT2D eigenvalue weighted by Gasteiger charge is -2.21. The van der Waals surface area contributed by atoms with Crippen LogP contribution in [0.5, 0.6) is 11.5 Å². The lowest BCUT2D eigenvalue weighted by atomic mass is 9.85. The highest BCUT2D eigenvalue weighted by Gasteiger charge is 2.19. The maximum atomic E-state index is 9.64. The van der Waals surface area contributed by atoms with Gasteiger partial charge in [-0.05, 0) is 30.0 Å². The number of phenolic OH excluding ortho intramolecular Hbond substituents is 2. The second-order valence-corrected chi connectivity index (χ2v) is 6.66. The fourth-order valence-electron chi connectivity index (χ4n) is 1.35. The van der Waals surface area contributed by atoms with Crippen molar-refractivity contribution < 1.29 is 34.1 Å². The summed E-state index contributed by atoms with van der Waals surface area (Å²) >= 11 is 0. The Morgan fingerprint density at radius 2 is 1.35 bits per heavy atom. The largest absolute Gasteiger partial charge is 0.508 e. The van der Waals surface area contributed by atoms with Crippen LogP contribution in [0.2, 0.25) is 0 Å². The lowest BCUT2D eigenvalue weighted by Crippen LogP contribution is -2.11. The van der Waals surface area contributed by atoms with E-state index in [1.807, 2.05) is 20.8 Å². The lowest BCUT2D eigenvalue weighted by molar-refractivity contribution is 0.324. The maximum Gasteiger partial charge on any atom is 0.334 e. The zero-order valence-electron chi connectivity index (χ0n) is 11.6. The monoisotopic (exact) mass is 326 g/mol. The van der Waals surface area contributed by atoms with Gasteiger partial charge in [-0.3, -0.25) is 0 Å². The van der Waals surface area contributed by atoms with Crippen molar-refractivity contribution in [2.75, 3.05) is 0 Å². The number of benzene rings is 1. The van der Waals surface area contributed by atoms with E-state index in [9.17, 15) is 10.2 Å². The molecule has 0 radical (unpaired) electrons. The summed E-state index contributed by atoms with van der Waals surface area (Å²) < 4.78 is 3.60. The van der Waals surface area contributed by atoms with Crippen LogP contribution < -0.4 is 0 Å². The van der Waals surface area contributed by atoms with Crippen LogP contribution in [0, 0.1) is 6.92 Å². The minimum atomic E-state index is -2.61. The number of rotatable bonds is 2. The molecular formula is C11H20O7P2. The van der Waals surface area contributed by atoms with Gasteiger partial charge in [0.15, 0.2) is 0 Å². The van der Waals surface area contributed by atoms with Gasteiger partial charge in [-0.15, -0.1) is 0 Å². The average Bonchev–Trinajstić information content (AvgIpc) is 2.20. The summed E-state index contributed by atoms with van der Waals surface area (Å²) in [6, 6.07) is 3.22. The molecule has 6 N–H and O–H groups in total. The molecule has 0 atom stereocenters. The molecule has 20 heavy (non-hydrogen) atoms. The van der Waals surface area contributed by atoms with Gasteiger partial charge in [0.2, 0.25) is 0 Å². The third-order valence-electron chi connectivity index (χ3n) is 2.27. The Morgan fingerprint density at radius 3 is 1.65 bits per heavy atom. The summed E-state index contributed by atoms with van der Waals surface area (Å²) in [6.45, 7) is 7.76. The Kier molecular flexibility index (Phi) is 7.84. The Balaban J connectivity index is 0.000000441. The van der Waals surface area contributed by atoms with Crippen LogP contribution in [0.15, 0.2) is 12.1 Å². The van der Waals surface area contributed by atoms with Crippen LogP contribution in [-0.4, -0.2) is 29.8 Å². The van der Waals surface area contributed by atoms with E-state index in [0.29, 0.717) is 5.56 Å². The maximum absolute atomic E-state index is 9.64. The second kappa shape index (κ2) is 8.05. The van der Waals surface area contributed by atoms with E-state index in [1.165, 1.54) is 0 Å². The fourth-order valence-corrected chi connectivity index (χ4v) is 1.87. The number of hydrogen-bond donors (Lipinski definition) is 6. The first-order valence-electron chi connectivity index (χ1n) is 5.52. The number of aromatic hydroxyl groups is 2. The number of hydrogen-bond acceptors (Lipinski definition) is 7. The standard InChI is InChI=1S/C11H16O2.H4O5P2/c1-7-5-10(13)8(6-9(7)12)11(2,3)4;1-6(2)5-7(3)4/h5-6,12-13H,1-4H3;1-4H. The molecule has 0 spiro atoms. The average molecular weight is 326 g/mol. The first kappa shape index (κ1) is 19.5. The predicted octanol–water partition coefficient (Wildman–Crippen LogP) is 2.13. The van der Waals surface area contributed by atoms with Gasteiger partial charge >= 0.3 is 17.2 Å². The highest BCUT2D eigenvalue weighted by Crippen LogP contribution is 2.41. The van der Waals surface area contributed by atoms with E-state index in [-0.39, 0.29) is 16.9 Å². The summed E-state index contributed by atoms with van der Waals surface area (Å²) in [5, 5.41) is 19.1. The van der Waals surface area contributed by atoms with Crippen molar-refractivity contribution in [2.45, 2.75) is 33.1 Å². The van der Waals surface area contributed by atoms with Crippen molar-refractivity contribution in [2.24, 2.45) is 0 Å². The Morgan fingerprint density at radius 1 is 0.900 bits per heavy atom. The van der Waals surface area contributed by atoms with Crippen molar-refractivity contribution in [3.8, 4) is 11.5 Å². The third-order valence-corrected chi connectivity index (χ3v) is 3.44. The molecule has 0 amide bonds. The Bertz CT molecular complexity index is 424. The molecular weight excluding hydrogens is 306 g/mol. The SMILES string of the molecule is Cc1cc(O)c(C(C)(C)C)cc1O.OP(O)OP(O)O. The van der Waals surface area contributed by atoms with Crippen molar-refractivity contribution >= 4 is 17.2 Å². The van der Waals surface area contributed by atoms with Gasteiger partial charge < -0.3 is 29.8 Å². The van der Waals surface area contributed by atoms with Crippen molar-refractivity contribution in [3.63, 3.8) is 0 Å². The molecule has 0 saturated heterocycles. The van der Waals surface area contributed by atoms with E-state index in [0.717, 1.165) is 5.56 Å². The molecule has 1 aromatic rings. The molecule has 0 aliphatic heterocycles. The predicted molar refractivity (Wildman–Crippen MR) is 77.0 cm³/mol. The Hall–Kier alpha value is -0.520. The van der Waals surface area contributed by atoms with Gasteiger partial charge in [-0.25, -0.2) is 4.31 Å². The zero-order chi connectivity index (χ0) is 16.1. The van der Waals surface area contributed by atoms with Crippen LogP contribution in [-0.2, 0) is 9.73 Å². The van der Waals surface area contributed by atoms with E-state index < -0.39 is 17.2 Å². The topological polar surface area (TPSA) is 131 Å². The fraction of sp³-hybridized carbons (Fsp3) is 0.455. The molecule has 1 rings (SSSR count). The zero-order valence-corrected chi connectivity index (χ0v) is 13.4. The molecule has 0 heterocycles. The summed E-state index contributed by atoms with van der Waals surface area (Å²) in [4.78, 5) is 31.3. The number of aryl methyl sites for hydroxylation is 1. The normalized spacial score (nSPS) is 11.5. The van der Waals surface area contributed by atoms with Crippen LogP contribution >= 0.6 is 17.2 Å². The minimum absolute atomic E-state index is 0.144. The van der Waals surface area contributed by atoms with Gasteiger partial charge in [-0.1, -0.05) is 20.8 Å². The van der Waals surface area contributed by atoms with E-state index in [2.05, 4.69) is 4.31 Å². The summed E-state index contributed by atoms with van der Waals surface area (Å²) in [7, 11) is -5.22. The molecule has 116 valence electrons. The second-order valence-electron chi connectivity index (χ2n) is 4.99.